The van der Waals surface area contributed by atoms with Crippen molar-refractivity contribution in [3.63, 3.8) is 0 Å². The summed E-state index contributed by atoms with van der Waals surface area (Å²) in [7, 11) is 0. The average Bonchev–Trinajstić information content (AvgIpc) is 3.62. The largest absolute Gasteiger partial charge is 0.480 e. The molecule has 5 rings (SSSR count). The molecule has 0 aliphatic heterocycles. The standard InChI is InChI=1S/C30H28N6O5S/c1-30(2,41)9-11-36-16-21-12-24(33-28(40)25-17-42-29(34-25)20-4-3-10-31-14-20)22(13-23(21)35-36)18-5-7-19(8-6-18)27(39)32-15-26(37)38/h3-8,10,12-14,16-17,41H,9,11,15H2,1-2H3,(H,32,39)(H,33,40)(H,37,38). The van der Waals surface area contributed by atoms with Crippen LogP contribution in [0.25, 0.3) is 32.6 Å². The van der Waals surface area contributed by atoms with Crippen LogP contribution in [0.5, 0.6) is 0 Å². The van der Waals surface area contributed by atoms with Crippen molar-refractivity contribution in [3.8, 4) is 21.7 Å². The first kappa shape index (κ1) is 28.6. The van der Waals surface area contributed by atoms with Crippen LogP contribution in [0.3, 0.4) is 0 Å². The number of nitrogens with zero attached hydrogens (tertiary/aromatic N) is 4. The number of benzene rings is 2. The Morgan fingerprint density at radius 2 is 1.83 bits per heavy atom. The molecule has 2 amide bonds. The van der Waals surface area contributed by atoms with Crippen LogP contribution in [0, 0.1) is 0 Å². The highest BCUT2D eigenvalue weighted by molar-refractivity contribution is 7.13. The zero-order valence-corrected chi connectivity index (χ0v) is 23.7. The Morgan fingerprint density at radius 1 is 1.05 bits per heavy atom. The van der Waals surface area contributed by atoms with Crippen molar-refractivity contribution in [2.75, 3.05) is 11.9 Å². The summed E-state index contributed by atoms with van der Waals surface area (Å²) in [5, 5.41) is 32.1. The average molecular weight is 585 g/mol. The van der Waals surface area contributed by atoms with Gasteiger partial charge < -0.3 is 20.8 Å². The molecule has 2 aromatic carbocycles. The Hall–Kier alpha value is -4.94. The number of aliphatic hydroxyl groups is 1. The number of aryl methyl sites for hydroxylation is 1. The minimum absolute atomic E-state index is 0.260. The number of pyridine rings is 1. The number of hydrogen-bond donors (Lipinski definition) is 4. The van der Waals surface area contributed by atoms with Gasteiger partial charge in [0.05, 0.1) is 11.1 Å². The molecule has 3 heterocycles. The first-order valence-corrected chi connectivity index (χ1v) is 13.9. The van der Waals surface area contributed by atoms with Crippen molar-refractivity contribution in [2.24, 2.45) is 0 Å². The number of hydrogen-bond acceptors (Lipinski definition) is 8. The highest BCUT2D eigenvalue weighted by atomic mass is 32.1. The van der Waals surface area contributed by atoms with Gasteiger partial charge in [-0.3, -0.25) is 24.0 Å². The number of aliphatic carboxylic acids is 1. The number of rotatable bonds is 10. The van der Waals surface area contributed by atoms with Gasteiger partial charge in [0.25, 0.3) is 11.8 Å². The predicted molar refractivity (Wildman–Crippen MR) is 159 cm³/mol. The molecule has 214 valence electrons. The molecule has 3 aromatic heterocycles. The maximum atomic E-state index is 13.3. The zero-order chi connectivity index (χ0) is 29.9. The summed E-state index contributed by atoms with van der Waals surface area (Å²) in [6, 6.07) is 14.0. The van der Waals surface area contributed by atoms with Crippen LogP contribution in [0.4, 0.5) is 5.69 Å². The van der Waals surface area contributed by atoms with Crippen LogP contribution in [0.15, 0.2) is 72.5 Å². The number of nitrogens with one attached hydrogen (secondary N) is 2. The molecular formula is C30H28N6O5S. The van der Waals surface area contributed by atoms with Crippen LogP contribution < -0.4 is 10.6 Å². The van der Waals surface area contributed by atoms with E-state index >= 15 is 0 Å². The van der Waals surface area contributed by atoms with Gasteiger partial charge in [-0.2, -0.15) is 5.10 Å². The number of carboxylic acids is 1. The van der Waals surface area contributed by atoms with E-state index in [2.05, 4.69) is 25.7 Å². The van der Waals surface area contributed by atoms with Crippen molar-refractivity contribution < 1.29 is 24.6 Å². The minimum atomic E-state index is -1.14. The Labute approximate surface area is 244 Å². The number of carbonyl (C=O) groups is 3. The summed E-state index contributed by atoms with van der Waals surface area (Å²) in [5.41, 5.74) is 3.12. The van der Waals surface area contributed by atoms with Gasteiger partial charge in [-0.25, -0.2) is 4.98 Å². The summed E-state index contributed by atoms with van der Waals surface area (Å²) in [4.78, 5) is 45.0. The second-order valence-corrected chi connectivity index (χ2v) is 11.2. The minimum Gasteiger partial charge on any atom is -0.480 e. The van der Waals surface area contributed by atoms with E-state index in [1.54, 1.807) is 66.6 Å². The van der Waals surface area contributed by atoms with Crippen molar-refractivity contribution in [3.05, 3.63) is 83.8 Å². The molecule has 0 atom stereocenters. The third-order valence-corrected chi connectivity index (χ3v) is 7.29. The van der Waals surface area contributed by atoms with Crippen molar-refractivity contribution >= 4 is 45.7 Å². The second-order valence-electron chi connectivity index (χ2n) is 10.3. The van der Waals surface area contributed by atoms with E-state index in [-0.39, 0.29) is 11.6 Å². The molecule has 5 aromatic rings. The molecule has 0 aliphatic carbocycles. The Kier molecular flexibility index (Phi) is 8.09. The van der Waals surface area contributed by atoms with Crippen LogP contribution in [-0.2, 0) is 11.3 Å². The number of fused-ring (bicyclic) bond motifs is 1. The number of carbonyl (C=O) groups excluding carboxylic acids is 2. The number of amides is 2. The third kappa shape index (κ3) is 6.85. The highest BCUT2D eigenvalue weighted by Crippen LogP contribution is 2.33. The Morgan fingerprint density at radius 3 is 2.52 bits per heavy atom. The van der Waals surface area contributed by atoms with Crippen molar-refractivity contribution in [2.45, 2.75) is 32.4 Å². The number of thiazole rings is 1. The maximum absolute atomic E-state index is 13.3. The van der Waals surface area contributed by atoms with Gasteiger partial charge in [0.1, 0.15) is 17.2 Å². The van der Waals surface area contributed by atoms with Gasteiger partial charge >= 0.3 is 5.97 Å². The van der Waals surface area contributed by atoms with E-state index in [9.17, 15) is 19.5 Å². The van der Waals surface area contributed by atoms with E-state index in [1.807, 2.05) is 24.4 Å². The first-order chi connectivity index (χ1) is 20.1. The van der Waals surface area contributed by atoms with Gasteiger partial charge in [-0.05, 0) is 62.2 Å². The smallest absolute Gasteiger partial charge is 0.322 e. The van der Waals surface area contributed by atoms with Gasteiger partial charge in [-0.15, -0.1) is 11.3 Å². The Bertz CT molecular complexity index is 1760. The highest BCUT2D eigenvalue weighted by Gasteiger charge is 2.18. The quantitative estimate of drug-likeness (QED) is 0.187. The molecule has 12 heteroatoms. The van der Waals surface area contributed by atoms with Crippen LogP contribution >= 0.6 is 11.3 Å². The van der Waals surface area contributed by atoms with Crippen molar-refractivity contribution in [1.82, 2.24) is 25.1 Å². The molecule has 0 saturated heterocycles. The third-order valence-electron chi connectivity index (χ3n) is 6.40. The molecule has 0 radical (unpaired) electrons. The van der Waals surface area contributed by atoms with Crippen LogP contribution in [0.2, 0.25) is 0 Å². The lowest BCUT2D eigenvalue weighted by Gasteiger charge is -2.16. The van der Waals surface area contributed by atoms with E-state index < -0.39 is 24.0 Å². The van der Waals surface area contributed by atoms with Crippen LogP contribution in [0.1, 0.15) is 41.1 Å². The van der Waals surface area contributed by atoms with E-state index in [4.69, 9.17) is 5.11 Å². The number of aromatic nitrogens is 4. The fourth-order valence-electron chi connectivity index (χ4n) is 4.21. The van der Waals surface area contributed by atoms with Gasteiger partial charge in [0.15, 0.2) is 0 Å². The molecule has 0 saturated carbocycles. The fraction of sp³-hybridized carbons (Fsp3) is 0.200. The van der Waals surface area contributed by atoms with Gasteiger partial charge in [0, 0.05) is 58.3 Å². The zero-order valence-electron chi connectivity index (χ0n) is 22.9. The first-order valence-electron chi connectivity index (χ1n) is 13.1. The SMILES string of the molecule is CC(C)(O)CCn1cc2cc(NC(=O)c3csc(-c4cccnc4)n3)c(-c3ccc(C(=O)NCC(=O)O)cc3)cc2n1. The van der Waals surface area contributed by atoms with Crippen LogP contribution in [-0.4, -0.2) is 59.9 Å². The summed E-state index contributed by atoms with van der Waals surface area (Å²) in [6.45, 7) is 3.51. The molecule has 11 nitrogen and oxygen atoms in total. The molecule has 42 heavy (non-hydrogen) atoms. The summed E-state index contributed by atoms with van der Waals surface area (Å²) < 4.78 is 1.76. The molecule has 0 bridgehead atoms. The lowest BCUT2D eigenvalue weighted by Crippen LogP contribution is -2.29. The molecule has 0 unspecified atom stereocenters. The second kappa shape index (κ2) is 11.9. The van der Waals surface area contributed by atoms with Gasteiger partial charge in [0.2, 0.25) is 0 Å². The molecule has 0 aliphatic rings. The fourth-order valence-corrected chi connectivity index (χ4v) is 5.00. The normalized spacial score (nSPS) is 11.4. The lowest BCUT2D eigenvalue weighted by molar-refractivity contribution is -0.135. The molecule has 4 N–H and O–H groups in total. The topological polar surface area (TPSA) is 159 Å². The lowest BCUT2D eigenvalue weighted by atomic mass is 10.00. The van der Waals surface area contributed by atoms with E-state index in [0.29, 0.717) is 45.9 Å². The molecule has 0 spiro atoms. The van der Waals surface area contributed by atoms with E-state index in [0.717, 1.165) is 10.9 Å². The number of carboxylic acid groups (broad SMARTS) is 1. The summed E-state index contributed by atoms with van der Waals surface area (Å²) in [6.07, 6.45) is 5.73. The predicted octanol–water partition coefficient (Wildman–Crippen LogP) is 4.45. The summed E-state index contributed by atoms with van der Waals surface area (Å²) in [5.74, 6) is -2.03. The van der Waals surface area contributed by atoms with Crippen molar-refractivity contribution in [1.29, 1.82) is 0 Å². The van der Waals surface area contributed by atoms with E-state index in [1.165, 1.54) is 11.3 Å². The molecular weight excluding hydrogens is 556 g/mol. The summed E-state index contributed by atoms with van der Waals surface area (Å²) >= 11 is 1.35. The monoisotopic (exact) mass is 584 g/mol. The maximum Gasteiger partial charge on any atom is 0.322 e. The number of anilines is 1. The molecule has 0 fully saturated rings. The Balaban J connectivity index is 1.47. The van der Waals surface area contributed by atoms with Gasteiger partial charge in [-0.1, -0.05) is 12.1 Å².